The number of esters is 1. The van der Waals surface area contributed by atoms with Gasteiger partial charge in [0, 0.05) is 23.1 Å². The van der Waals surface area contributed by atoms with Crippen LogP contribution in [-0.4, -0.2) is 56.9 Å². The summed E-state index contributed by atoms with van der Waals surface area (Å²) >= 11 is 3.30. The van der Waals surface area contributed by atoms with Crippen molar-refractivity contribution in [1.29, 1.82) is 0 Å². The maximum atomic E-state index is 13.0. The second kappa shape index (κ2) is 9.38. The highest BCUT2D eigenvalue weighted by atomic mass is 79.9. The van der Waals surface area contributed by atoms with E-state index < -0.39 is 22.1 Å². The van der Waals surface area contributed by atoms with Crippen molar-refractivity contribution in [3.05, 3.63) is 63.6 Å². The molecular formula is C21H22BrNO6S. The van der Waals surface area contributed by atoms with Crippen LogP contribution in [0, 0.1) is 6.92 Å². The molecule has 1 fully saturated rings. The van der Waals surface area contributed by atoms with Gasteiger partial charge in [-0.05, 0) is 43.7 Å². The molecule has 0 saturated carbocycles. The highest BCUT2D eigenvalue weighted by molar-refractivity contribution is 9.10. The van der Waals surface area contributed by atoms with Gasteiger partial charge >= 0.3 is 5.97 Å². The summed E-state index contributed by atoms with van der Waals surface area (Å²) in [6.07, 6.45) is -1.01. The molecule has 1 heterocycles. The molecule has 2 aromatic rings. The Labute approximate surface area is 184 Å². The molecule has 0 bridgehead atoms. The van der Waals surface area contributed by atoms with Gasteiger partial charge in [0.2, 0.25) is 15.8 Å². The van der Waals surface area contributed by atoms with Crippen molar-refractivity contribution in [2.24, 2.45) is 0 Å². The molecule has 0 aromatic heterocycles. The van der Waals surface area contributed by atoms with Crippen LogP contribution in [0.15, 0.2) is 51.8 Å². The van der Waals surface area contributed by atoms with Gasteiger partial charge in [-0.1, -0.05) is 34.1 Å². The van der Waals surface area contributed by atoms with Crippen LogP contribution < -0.4 is 0 Å². The summed E-state index contributed by atoms with van der Waals surface area (Å²) < 4.78 is 38.7. The topological polar surface area (TPSA) is 90.0 Å². The van der Waals surface area contributed by atoms with Gasteiger partial charge in [-0.15, -0.1) is 0 Å². The van der Waals surface area contributed by atoms with Gasteiger partial charge in [0.1, 0.15) is 0 Å². The Balaban J connectivity index is 1.78. The largest absolute Gasteiger partial charge is 0.451 e. The summed E-state index contributed by atoms with van der Waals surface area (Å²) in [4.78, 5) is 25.2. The van der Waals surface area contributed by atoms with Crippen LogP contribution in [0.25, 0.3) is 0 Å². The Hall–Kier alpha value is -2.07. The van der Waals surface area contributed by atoms with Gasteiger partial charge in [0.25, 0.3) is 0 Å². The zero-order valence-electron chi connectivity index (χ0n) is 16.6. The maximum absolute atomic E-state index is 13.0. The number of nitrogens with zero attached hydrogens (tertiary/aromatic N) is 1. The quantitative estimate of drug-likeness (QED) is 0.451. The Morgan fingerprint density at radius 2 is 1.67 bits per heavy atom. The first-order chi connectivity index (χ1) is 14.2. The van der Waals surface area contributed by atoms with E-state index in [1.165, 1.54) is 23.4 Å². The summed E-state index contributed by atoms with van der Waals surface area (Å²) in [5.74, 6) is -1.10. The molecule has 1 aliphatic heterocycles. The minimum absolute atomic E-state index is 0.0470. The summed E-state index contributed by atoms with van der Waals surface area (Å²) in [7, 11) is -3.77. The number of ether oxygens (including phenoxy) is 2. The minimum Gasteiger partial charge on any atom is -0.451 e. The van der Waals surface area contributed by atoms with Crippen LogP contribution in [0.3, 0.4) is 0 Å². The van der Waals surface area contributed by atoms with Crippen LogP contribution in [-0.2, 0) is 19.5 Å². The van der Waals surface area contributed by atoms with Crippen molar-refractivity contribution in [3.63, 3.8) is 0 Å². The molecule has 0 radical (unpaired) electrons. The average molecular weight is 496 g/mol. The second-order valence-electron chi connectivity index (χ2n) is 6.92. The lowest BCUT2D eigenvalue weighted by atomic mass is 10.1. The third kappa shape index (κ3) is 4.97. The fraction of sp³-hybridized carbons (Fsp3) is 0.333. The van der Waals surface area contributed by atoms with Gasteiger partial charge in [-0.25, -0.2) is 13.2 Å². The van der Waals surface area contributed by atoms with E-state index >= 15 is 0 Å². The number of ketones is 1. The molecule has 0 N–H and O–H groups in total. The van der Waals surface area contributed by atoms with Crippen molar-refractivity contribution in [2.75, 3.05) is 26.3 Å². The molecule has 9 heteroatoms. The van der Waals surface area contributed by atoms with Gasteiger partial charge in [0.05, 0.1) is 23.7 Å². The lowest BCUT2D eigenvalue weighted by molar-refractivity contribution is 0.0318. The van der Waals surface area contributed by atoms with Gasteiger partial charge in [-0.3, -0.25) is 4.79 Å². The number of Topliss-reactive ketones (excluding diaryl/α,β-unsaturated/α-hetero) is 1. The molecule has 1 saturated heterocycles. The van der Waals surface area contributed by atoms with E-state index in [0.717, 1.165) is 4.47 Å². The Morgan fingerprint density at radius 3 is 2.30 bits per heavy atom. The zero-order valence-corrected chi connectivity index (χ0v) is 19.0. The fourth-order valence-electron chi connectivity index (χ4n) is 3.06. The van der Waals surface area contributed by atoms with Gasteiger partial charge in [-0.2, -0.15) is 4.31 Å². The molecule has 7 nitrogen and oxygen atoms in total. The Morgan fingerprint density at radius 1 is 1.07 bits per heavy atom. The van der Waals surface area contributed by atoms with Crippen molar-refractivity contribution < 1.29 is 27.5 Å². The first-order valence-electron chi connectivity index (χ1n) is 9.39. The molecule has 30 heavy (non-hydrogen) atoms. The van der Waals surface area contributed by atoms with Crippen LogP contribution in [0.1, 0.15) is 33.2 Å². The van der Waals surface area contributed by atoms with E-state index in [1.54, 1.807) is 37.3 Å². The maximum Gasteiger partial charge on any atom is 0.338 e. The molecule has 2 aromatic carbocycles. The van der Waals surface area contributed by atoms with E-state index in [0.29, 0.717) is 24.3 Å². The third-order valence-electron chi connectivity index (χ3n) is 4.79. The Bertz CT molecular complexity index is 1050. The normalized spacial score (nSPS) is 16.1. The number of aryl methyl sites for hydroxylation is 1. The third-order valence-corrected chi connectivity index (χ3v) is 7.36. The SMILES string of the molecule is Cc1ccc(C(=O)OC(C)C(=O)c2ccc(Br)cc2)cc1S(=O)(=O)N1CCOCC1. The number of morpholine rings is 1. The molecule has 1 atom stereocenters. The van der Waals surface area contributed by atoms with Gasteiger partial charge < -0.3 is 9.47 Å². The molecule has 1 unspecified atom stereocenters. The highest BCUT2D eigenvalue weighted by Crippen LogP contribution is 2.23. The van der Waals surface area contributed by atoms with E-state index in [4.69, 9.17) is 9.47 Å². The summed E-state index contributed by atoms with van der Waals surface area (Å²) in [5, 5.41) is 0. The number of carbonyl (C=O) groups excluding carboxylic acids is 2. The molecule has 3 rings (SSSR count). The molecular weight excluding hydrogens is 474 g/mol. The van der Waals surface area contributed by atoms with E-state index in [1.807, 2.05) is 0 Å². The van der Waals surface area contributed by atoms with Crippen LogP contribution in [0.4, 0.5) is 0 Å². The van der Waals surface area contributed by atoms with Crippen LogP contribution in [0.5, 0.6) is 0 Å². The Kier molecular flexibility index (Phi) is 7.07. The molecule has 0 aliphatic carbocycles. The summed E-state index contributed by atoms with van der Waals surface area (Å²) in [5.41, 5.74) is 1.01. The summed E-state index contributed by atoms with van der Waals surface area (Å²) in [6, 6.07) is 11.1. The van der Waals surface area contributed by atoms with E-state index in [2.05, 4.69) is 15.9 Å². The zero-order chi connectivity index (χ0) is 21.9. The average Bonchev–Trinajstić information content (AvgIpc) is 2.74. The standard InChI is InChI=1S/C21H22BrNO6S/c1-14-3-4-17(13-19(14)30(26,27)23-9-11-28-12-10-23)21(25)29-15(2)20(24)16-5-7-18(22)8-6-16/h3-8,13,15H,9-12H2,1-2H3. The van der Waals surface area contributed by atoms with E-state index in [-0.39, 0.29) is 29.3 Å². The van der Waals surface area contributed by atoms with Crippen molar-refractivity contribution >= 4 is 37.7 Å². The molecule has 160 valence electrons. The first-order valence-corrected chi connectivity index (χ1v) is 11.6. The number of rotatable bonds is 6. The number of benzene rings is 2. The monoisotopic (exact) mass is 495 g/mol. The van der Waals surface area contributed by atoms with Crippen LogP contribution in [0.2, 0.25) is 0 Å². The second-order valence-corrected chi connectivity index (χ2v) is 9.74. The number of carbonyl (C=O) groups is 2. The molecule has 1 aliphatic rings. The number of hydrogen-bond donors (Lipinski definition) is 0. The number of halogens is 1. The lowest BCUT2D eigenvalue weighted by Crippen LogP contribution is -2.40. The van der Waals surface area contributed by atoms with Gasteiger partial charge in [0.15, 0.2) is 6.10 Å². The summed E-state index contributed by atoms with van der Waals surface area (Å²) in [6.45, 7) is 4.33. The first kappa shape index (κ1) is 22.6. The predicted molar refractivity (Wildman–Crippen MR) is 114 cm³/mol. The lowest BCUT2D eigenvalue weighted by Gasteiger charge is -2.26. The van der Waals surface area contributed by atoms with E-state index in [9.17, 15) is 18.0 Å². The molecule has 0 spiro atoms. The minimum atomic E-state index is -3.77. The van der Waals surface area contributed by atoms with Crippen molar-refractivity contribution in [3.8, 4) is 0 Å². The highest BCUT2D eigenvalue weighted by Gasteiger charge is 2.29. The number of sulfonamides is 1. The van der Waals surface area contributed by atoms with Crippen molar-refractivity contribution in [1.82, 2.24) is 4.31 Å². The van der Waals surface area contributed by atoms with Crippen molar-refractivity contribution in [2.45, 2.75) is 24.8 Å². The fourth-order valence-corrected chi connectivity index (χ4v) is 4.99. The van der Waals surface area contributed by atoms with Crippen LogP contribution >= 0.6 is 15.9 Å². The predicted octanol–water partition coefficient (Wildman–Crippen LogP) is 3.21. The smallest absolute Gasteiger partial charge is 0.338 e. The number of hydrogen-bond acceptors (Lipinski definition) is 6. The molecule has 0 amide bonds.